The highest BCUT2D eigenvalue weighted by Crippen LogP contribution is 2.37. The Bertz CT molecular complexity index is 726. The number of ether oxygens (including phenoxy) is 2. The van der Waals surface area contributed by atoms with E-state index in [-0.39, 0.29) is 42.3 Å². The van der Waals surface area contributed by atoms with Gasteiger partial charge in [0, 0.05) is 13.5 Å². The maximum atomic E-state index is 13.0. The molecule has 0 bridgehead atoms. The van der Waals surface area contributed by atoms with Crippen LogP contribution in [0.3, 0.4) is 0 Å². The van der Waals surface area contributed by atoms with Crippen molar-refractivity contribution in [1.29, 1.82) is 0 Å². The summed E-state index contributed by atoms with van der Waals surface area (Å²) in [4.78, 5) is 18.6. The highest BCUT2D eigenvalue weighted by molar-refractivity contribution is 6.06. The van der Waals surface area contributed by atoms with Gasteiger partial charge in [-0.05, 0) is 24.3 Å². The molecule has 6 nitrogen and oxygen atoms in total. The lowest BCUT2D eigenvalue weighted by Gasteiger charge is -2.32. The van der Waals surface area contributed by atoms with Gasteiger partial charge in [0.2, 0.25) is 0 Å². The van der Waals surface area contributed by atoms with E-state index in [1.165, 1.54) is 17.4 Å². The normalized spacial score (nSPS) is 28.7. The number of hydrogen-bond acceptors (Lipinski definition) is 5. The molecular formula is C20H28F3N3O3. The van der Waals surface area contributed by atoms with Gasteiger partial charge in [-0.2, -0.15) is 0 Å². The van der Waals surface area contributed by atoms with E-state index in [1.807, 2.05) is 0 Å². The fraction of sp³-hybridized carbons (Fsp3) is 0.700. The number of carbonyl (C=O) groups is 1. The third-order valence-corrected chi connectivity index (χ3v) is 5.79. The summed E-state index contributed by atoms with van der Waals surface area (Å²) in [7, 11) is 1.55. The third-order valence-electron chi connectivity index (χ3n) is 5.79. The molecule has 0 aromatic rings. The lowest BCUT2D eigenvalue weighted by atomic mass is 9.79. The molecule has 2 unspecified atom stereocenters. The first kappa shape index (κ1) is 21.5. The zero-order valence-corrected chi connectivity index (χ0v) is 16.8. The van der Waals surface area contributed by atoms with Gasteiger partial charge in [0.25, 0.3) is 5.91 Å². The number of allylic oxidation sites excluding steroid dienone is 3. The van der Waals surface area contributed by atoms with Gasteiger partial charge < -0.3 is 15.2 Å². The van der Waals surface area contributed by atoms with Gasteiger partial charge in [-0.25, -0.2) is 4.99 Å². The minimum Gasteiger partial charge on any atom is -0.487 e. The van der Waals surface area contributed by atoms with Gasteiger partial charge in [0.15, 0.2) is 17.3 Å². The fourth-order valence-electron chi connectivity index (χ4n) is 4.28. The summed E-state index contributed by atoms with van der Waals surface area (Å²) < 4.78 is 48.3. The second-order valence-electron chi connectivity index (χ2n) is 8.24. The van der Waals surface area contributed by atoms with Gasteiger partial charge in [0.1, 0.15) is 12.4 Å². The summed E-state index contributed by atoms with van der Waals surface area (Å²) in [5.74, 6) is -0.281. The SMILES string of the molecule is CC1C=CC(OCC2(CC3CCCCC3)N=C(N)N(C)C2=O)=C(OC(F)(F)F)C1. The lowest BCUT2D eigenvalue weighted by Crippen LogP contribution is -2.46. The number of halogens is 3. The minimum atomic E-state index is -4.80. The maximum Gasteiger partial charge on any atom is 0.572 e. The Kier molecular flexibility index (Phi) is 6.14. The van der Waals surface area contributed by atoms with Crippen molar-refractivity contribution in [2.45, 2.75) is 63.8 Å². The van der Waals surface area contributed by atoms with Gasteiger partial charge >= 0.3 is 6.36 Å². The number of carbonyl (C=O) groups excluding carboxylic acids is 1. The van der Waals surface area contributed by atoms with Crippen LogP contribution in [-0.2, 0) is 14.3 Å². The molecule has 1 amide bonds. The third kappa shape index (κ3) is 5.05. The molecule has 162 valence electrons. The molecule has 1 heterocycles. The Hall–Kier alpha value is -2.19. The second-order valence-corrected chi connectivity index (χ2v) is 8.24. The van der Waals surface area contributed by atoms with Crippen LogP contribution in [-0.4, -0.2) is 42.3 Å². The molecule has 3 aliphatic rings. The summed E-state index contributed by atoms with van der Waals surface area (Å²) in [5.41, 5.74) is 4.67. The van der Waals surface area contributed by atoms with E-state index in [2.05, 4.69) is 9.73 Å². The number of likely N-dealkylation sites (N-methyl/N-ethyl adjacent to an activating group) is 1. The minimum absolute atomic E-state index is 0.0143. The van der Waals surface area contributed by atoms with E-state index in [0.29, 0.717) is 12.3 Å². The van der Waals surface area contributed by atoms with Crippen molar-refractivity contribution < 1.29 is 27.4 Å². The number of nitrogens with two attached hydrogens (primary N) is 1. The van der Waals surface area contributed by atoms with Crippen LogP contribution in [0.15, 0.2) is 28.7 Å². The maximum absolute atomic E-state index is 13.0. The monoisotopic (exact) mass is 415 g/mol. The van der Waals surface area contributed by atoms with Crippen LogP contribution >= 0.6 is 0 Å². The first-order chi connectivity index (χ1) is 13.6. The molecule has 2 aliphatic carbocycles. The number of nitrogens with zero attached hydrogens (tertiary/aromatic N) is 2. The molecule has 0 aromatic carbocycles. The quantitative estimate of drug-likeness (QED) is 0.715. The number of alkyl halides is 3. The van der Waals surface area contributed by atoms with Crippen molar-refractivity contribution >= 4 is 11.9 Å². The Morgan fingerprint density at radius 1 is 1.31 bits per heavy atom. The molecule has 9 heteroatoms. The largest absolute Gasteiger partial charge is 0.572 e. The number of amides is 1. The van der Waals surface area contributed by atoms with Crippen LogP contribution in [0.4, 0.5) is 13.2 Å². The molecule has 0 aromatic heterocycles. The number of guanidine groups is 1. The fourth-order valence-corrected chi connectivity index (χ4v) is 4.28. The van der Waals surface area contributed by atoms with E-state index >= 15 is 0 Å². The van der Waals surface area contributed by atoms with E-state index < -0.39 is 11.9 Å². The Morgan fingerprint density at radius 2 is 2.00 bits per heavy atom. The molecule has 0 saturated heterocycles. The second kappa shape index (κ2) is 8.28. The zero-order valence-electron chi connectivity index (χ0n) is 16.8. The number of aliphatic imine (C=N–C) groups is 1. The van der Waals surface area contributed by atoms with E-state index in [0.717, 1.165) is 25.7 Å². The first-order valence-corrected chi connectivity index (χ1v) is 10.0. The van der Waals surface area contributed by atoms with Crippen LogP contribution in [0.25, 0.3) is 0 Å². The molecule has 0 radical (unpaired) electrons. The molecule has 1 fully saturated rings. The van der Waals surface area contributed by atoms with Crippen molar-refractivity contribution in [3.05, 3.63) is 23.7 Å². The van der Waals surface area contributed by atoms with Crippen molar-refractivity contribution in [2.75, 3.05) is 13.7 Å². The average molecular weight is 415 g/mol. The van der Waals surface area contributed by atoms with E-state index in [4.69, 9.17) is 10.5 Å². The molecule has 2 N–H and O–H groups in total. The molecule has 0 spiro atoms. The van der Waals surface area contributed by atoms with Crippen LogP contribution in [0.1, 0.15) is 51.9 Å². The summed E-state index contributed by atoms with van der Waals surface area (Å²) in [5, 5.41) is 0. The van der Waals surface area contributed by atoms with Gasteiger partial charge in [-0.3, -0.25) is 9.69 Å². The van der Waals surface area contributed by atoms with Gasteiger partial charge in [-0.1, -0.05) is 45.1 Å². The van der Waals surface area contributed by atoms with Crippen LogP contribution in [0.2, 0.25) is 0 Å². The highest BCUT2D eigenvalue weighted by Gasteiger charge is 2.49. The predicted octanol–water partition coefficient (Wildman–Crippen LogP) is 3.84. The molecular weight excluding hydrogens is 387 g/mol. The van der Waals surface area contributed by atoms with Crippen LogP contribution < -0.4 is 5.73 Å². The van der Waals surface area contributed by atoms with Crippen molar-refractivity contribution in [3.8, 4) is 0 Å². The smallest absolute Gasteiger partial charge is 0.487 e. The van der Waals surface area contributed by atoms with E-state index in [9.17, 15) is 18.0 Å². The first-order valence-electron chi connectivity index (χ1n) is 10.0. The Labute approximate surface area is 168 Å². The van der Waals surface area contributed by atoms with Crippen LogP contribution in [0, 0.1) is 11.8 Å². The molecule has 2 atom stereocenters. The Morgan fingerprint density at radius 3 is 2.59 bits per heavy atom. The number of hydrogen-bond donors (Lipinski definition) is 1. The van der Waals surface area contributed by atoms with E-state index in [1.54, 1.807) is 20.0 Å². The summed E-state index contributed by atoms with van der Waals surface area (Å²) in [6, 6.07) is 0. The number of rotatable bonds is 6. The Balaban J connectivity index is 1.81. The van der Waals surface area contributed by atoms with Crippen LogP contribution in [0.5, 0.6) is 0 Å². The molecule has 1 aliphatic heterocycles. The van der Waals surface area contributed by atoms with Gasteiger partial charge in [0.05, 0.1) is 0 Å². The standard InChI is InChI=1S/C20H28F3N3O3/c1-13-8-9-15(16(10-13)29-20(21,22)23)28-12-19(11-14-6-4-3-5-7-14)17(27)26(2)18(24)25-19/h8-9,13-14H,3-7,10-12H2,1-2H3,(H2,24,25). The summed E-state index contributed by atoms with van der Waals surface area (Å²) in [6.45, 7) is 1.62. The average Bonchev–Trinajstić information content (AvgIpc) is 2.85. The van der Waals surface area contributed by atoms with Crippen molar-refractivity contribution in [2.24, 2.45) is 22.6 Å². The summed E-state index contributed by atoms with van der Waals surface area (Å²) in [6.07, 6.45) is 4.33. The highest BCUT2D eigenvalue weighted by atomic mass is 19.4. The lowest BCUT2D eigenvalue weighted by molar-refractivity contribution is -0.308. The van der Waals surface area contributed by atoms with Gasteiger partial charge in [-0.15, -0.1) is 13.2 Å². The molecule has 3 rings (SSSR count). The predicted molar refractivity (Wildman–Crippen MR) is 101 cm³/mol. The van der Waals surface area contributed by atoms with Crippen molar-refractivity contribution in [3.63, 3.8) is 0 Å². The summed E-state index contributed by atoms with van der Waals surface area (Å²) >= 11 is 0. The van der Waals surface area contributed by atoms with Crippen molar-refractivity contribution in [1.82, 2.24) is 4.90 Å². The zero-order chi connectivity index (χ0) is 21.2. The topological polar surface area (TPSA) is 77.2 Å². The molecule has 1 saturated carbocycles. The molecule has 29 heavy (non-hydrogen) atoms.